The van der Waals surface area contributed by atoms with Crippen molar-refractivity contribution in [3.63, 3.8) is 0 Å². The zero-order valence-corrected chi connectivity index (χ0v) is 12.9. The van der Waals surface area contributed by atoms with Gasteiger partial charge in [0.15, 0.2) is 0 Å². The van der Waals surface area contributed by atoms with E-state index in [1.807, 2.05) is 48.7 Å². The van der Waals surface area contributed by atoms with Crippen molar-refractivity contribution in [2.75, 3.05) is 30.5 Å². The van der Waals surface area contributed by atoms with Crippen LogP contribution in [0, 0.1) is 0 Å². The van der Waals surface area contributed by atoms with Gasteiger partial charge in [0.05, 0.1) is 13.7 Å². The Morgan fingerprint density at radius 2 is 1.90 bits per heavy atom. The summed E-state index contributed by atoms with van der Waals surface area (Å²) in [6, 6.07) is 15.2. The van der Waals surface area contributed by atoms with Gasteiger partial charge in [0, 0.05) is 22.3 Å². The molecule has 0 spiro atoms. The molecule has 2 rings (SSSR count). The molecule has 110 valence electrons. The van der Waals surface area contributed by atoms with E-state index in [0.29, 0.717) is 5.75 Å². The topological polar surface area (TPSA) is 50.4 Å². The Labute approximate surface area is 128 Å². The second-order valence-corrected chi connectivity index (χ2v) is 5.24. The highest BCUT2D eigenvalue weighted by atomic mass is 32.2. The Bertz CT molecular complexity index is 599. The molecule has 4 nitrogen and oxygen atoms in total. The predicted molar refractivity (Wildman–Crippen MR) is 88.3 cm³/mol. The Morgan fingerprint density at radius 3 is 2.57 bits per heavy atom. The quantitative estimate of drug-likeness (QED) is 0.802. The Morgan fingerprint density at radius 1 is 1.14 bits per heavy atom. The molecule has 0 aliphatic rings. The molecule has 2 aromatic carbocycles. The molecule has 0 saturated carbocycles. The number of carbonyl (C=O) groups is 1. The van der Waals surface area contributed by atoms with Gasteiger partial charge in [-0.2, -0.15) is 0 Å². The number of anilines is 2. The van der Waals surface area contributed by atoms with Crippen LogP contribution in [0.3, 0.4) is 0 Å². The Balaban J connectivity index is 1.86. The molecule has 0 aromatic heterocycles. The maximum absolute atomic E-state index is 11.9. The molecule has 0 aliphatic carbocycles. The second-order valence-electron chi connectivity index (χ2n) is 4.36. The van der Waals surface area contributed by atoms with Crippen molar-refractivity contribution in [1.82, 2.24) is 0 Å². The minimum absolute atomic E-state index is 0.0998. The Kier molecular flexibility index (Phi) is 5.51. The SMILES string of the molecule is COc1cccc(NC(=O)CNc2ccc(SC)cc2)c1. The van der Waals surface area contributed by atoms with Gasteiger partial charge in [-0.05, 0) is 42.7 Å². The molecule has 0 fully saturated rings. The fourth-order valence-corrected chi connectivity index (χ4v) is 2.21. The monoisotopic (exact) mass is 302 g/mol. The molecule has 21 heavy (non-hydrogen) atoms. The van der Waals surface area contributed by atoms with E-state index in [9.17, 15) is 4.79 Å². The van der Waals surface area contributed by atoms with Crippen molar-refractivity contribution < 1.29 is 9.53 Å². The maximum atomic E-state index is 11.9. The van der Waals surface area contributed by atoms with Gasteiger partial charge < -0.3 is 15.4 Å². The zero-order chi connectivity index (χ0) is 15.1. The molecule has 0 unspecified atom stereocenters. The molecule has 0 atom stereocenters. The first-order valence-electron chi connectivity index (χ1n) is 6.53. The van der Waals surface area contributed by atoms with Gasteiger partial charge in [0.2, 0.25) is 5.91 Å². The Hall–Kier alpha value is -2.14. The number of thioether (sulfide) groups is 1. The number of methoxy groups -OCH3 is 1. The molecule has 5 heteroatoms. The first kappa shape index (κ1) is 15.3. The highest BCUT2D eigenvalue weighted by Gasteiger charge is 2.03. The lowest BCUT2D eigenvalue weighted by Gasteiger charge is -2.09. The van der Waals surface area contributed by atoms with E-state index in [1.165, 1.54) is 4.90 Å². The molecule has 1 amide bonds. The summed E-state index contributed by atoms with van der Waals surface area (Å²) in [6.45, 7) is 0.218. The number of hydrogen-bond acceptors (Lipinski definition) is 4. The lowest BCUT2D eigenvalue weighted by Crippen LogP contribution is -2.21. The van der Waals surface area contributed by atoms with Crippen LogP contribution in [-0.2, 0) is 4.79 Å². The van der Waals surface area contributed by atoms with Crippen molar-refractivity contribution in [1.29, 1.82) is 0 Å². The van der Waals surface area contributed by atoms with E-state index in [4.69, 9.17) is 4.74 Å². The van der Waals surface area contributed by atoms with Gasteiger partial charge >= 0.3 is 0 Å². The van der Waals surface area contributed by atoms with Crippen LogP contribution in [0.25, 0.3) is 0 Å². The average molecular weight is 302 g/mol. The fourth-order valence-electron chi connectivity index (χ4n) is 1.80. The van der Waals surface area contributed by atoms with Crippen LogP contribution in [0.5, 0.6) is 5.75 Å². The molecule has 0 heterocycles. The summed E-state index contributed by atoms with van der Waals surface area (Å²) in [6.07, 6.45) is 2.03. The van der Waals surface area contributed by atoms with E-state index >= 15 is 0 Å². The van der Waals surface area contributed by atoms with E-state index in [2.05, 4.69) is 10.6 Å². The third kappa shape index (κ3) is 4.72. The van der Waals surface area contributed by atoms with Gasteiger partial charge in [-0.3, -0.25) is 4.79 Å². The van der Waals surface area contributed by atoms with Crippen LogP contribution in [0.1, 0.15) is 0 Å². The van der Waals surface area contributed by atoms with Crippen molar-refractivity contribution in [2.24, 2.45) is 0 Å². The number of benzene rings is 2. The lowest BCUT2D eigenvalue weighted by molar-refractivity contribution is -0.114. The highest BCUT2D eigenvalue weighted by Crippen LogP contribution is 2.18. The summed E-state index contributed by atoms with van der Waals surface area (Å²) in [5.41, 5.74) is 1.65. The van der Waals surface area contributed by atoms with Gasteiger partial charge in [-0.1, -0.05) is 6.07 Å². The van der Waals surface area contributed by atoms with Crippen LogP contribution >= 0.6 is 11.8 Å². The summed E-state index contributed by atoms with van der Waals surface area (Å²) < 4.78 is 5.12. The molecule has 2 aromatic rings. The van der Waals surface area contributed by atoms with E-state index in [-0.39, 0.29) is 12.5 Å². The number of nitrogens with one attached hydrogen (secondary N) is 2. The van der Waals surface area contributed by atoms with Crippen molar-refractivity contribution in [3.8, 4) is 5.75 Å². The average Bonchev–Trinajstić information content (AvgIpc) is 2.53. The lowest BCUT2D eigenvalue weighted by atomic mass is 10.3. The van der Waals surface area contributed by atoms with Crippen molar-refractivity contribution in [2.45, 2.75) is 4.90 Å². The van der Waals surface area contributed by atoms with E-state index < -0.39 is 0 Å². The second kappa shape index (κ2) is 7.59. The number of hydrogen-bond donors (Lipinski definition) is 2. The van der Waals surface area contributed by atoms with Gasteiger partial charge in [-0.25, -0.2) is 0 Å². The third-order valence-corrected chi connectivity index (χ3v) is 3.64. The van der Waals surface area contributed by atoms with Gasteiger partial charge in [0.1, 0.15) is 5.75 Å². The van der Waals surface area contributed by atoms with E-state index in [1.54, 1.807) is 24.9 Å². The molecule has 0 radical (unpaired) electrons. The predicted octanol–water partition coefficient (Wildman–Crippen LogP) is 3.47. The van der Waals surface area contributed by atoms with Crippen LogP contribution < -0.4 is 15.4 Å². The normalized spacial score (nSPS) is 10.0. The summed E-state index contributed by atoms with van der Waals surface area (Å²) in [5, 5.41) is 5.92. The van der Waals surface area contributed by atoms with Crippen LogP contribution in [-0.4, -0.2) is 25.8 Å². The largest absolute Gasteiger partial charge is 0.497 e. The first-order chi connectivity index (χ1) is 10.2. The summed E-state index contributed by atoms with van der Waals surface area (Å²) >= 11 is 1.69. The highest BCUT2D eigenvalue weighted by molar-refractivity contribution is 7.98. The molecule has 0 bridgehead atoms. The standard InChI is InChI=1S/C16H18N2O2S/c1-20-14-5-3-4-13(10-14)18-16(19)11-17-12-6-8-15(21-2)9-7-12/h3-10,17H,11H2,1-2H3,(H,18,19). The molecule has 0 saturated heterocycles. The summed E-state index contributed by atoms with van der Waals surface area (Å²) in [7, 11) is 1.60. The smallest absolute Gasteiger partial charge is 0.243 e. The van der Waals surface area contributed by atoms with Crippen molar-refractivity contribution >= 4 is 29.0 Å². The van der Waals surface area contributed by atoms with Crippen LogP contribution in [0.2, 0.25) is 0 Å². The number of amides is 1. The maximum Gasteiger partial charge on any atom is 0.243 e. The fraction of sp³-hybridized carbons (Fsp3) is 0.188. The number of carbonyl (C=O) groups excluding carboxylic acids is 1. The summed E-state index contributed by atoms with van der Waals surface area (Å²) in [5.74, 6) is 0.616. The first-order valence-corrected chi connectivity index (χ1v) is 7.75. The van der Waals surface area contributed by atoms with Crippen LogP contribution in [0.4, 0.5) is 11.4 Å². The minimum Gasteiger partial charge on any atom is -0.497 e. The molecular formula is C16H18N2O2S. The van der Waals surface area contributed by atoms with Gasteiger partial charge in [0.25, 0.3) is 0 Å². The molecule has 0 aliphatic heterocycles. The number of ether oxygens (including phenoxy) is 1. The van der Waals surface area contributed by atoms with Gasteiger partial charge in [-0.15, -0.1) is 11.8 Å². The van der Waals surface area contributed by atoms with Crippen LogP contribution in [0.15, 0.2) is 53.4 Å². The third-order valence-electron chi connectivity index (χ3n) is 2.90. The molecular weight excluding hydrogens is 284 g/mol. The van der Waals surface area contributed by atoms with E-state index in [0.717, 1.165) is 11.4 Å². The minimum atomic E-state index is -0.0998. The summed E-state index contributed by atoms with van der Waals surface area (Å²) in [4.78, 5) is 13.1. The molecule has 2 N–H and O–H groups in total. The zero-order valence-electron chi connectivity index (χ0n) is 12.1. The van der Waals surface area contributed by atoms with Crippen molar-refractivity contribution in [3.05, 3.63) is 48.5 Å². The number of rotatable bonds is 6.